The molecule has 2 aromatic rings. The second-order valence-corrected chi connectivity index (χ2v) is 4.48. The van der Waals surface area contributed by atoms with Gasteiger partial charge in [-0.1, -0.05) is 30.0 Å². The van der Waals surface area contributed by atoms with Crippen LogP contribution in [0.2, 0.25) is 0 Å². The van der Waals surface area contributed by atoms with Gasteiger partial charge in [0.25, 0.3) is 11.6 Å². The molecular formula is C17H14N2O4. The van der Waals surface area contributed by atoms with Crippen LogP contribution in [0.15, 0.2) is 54.6 Å². The molecule has 0 aliphatic rings. The molecule has 0 radical (unpaired) electrons. The van der Waals surface area contributed by atoms with Crippen LogP contribution in [0.1, 0.15) is 5.56 Å². The maximum atomic E-state index is 11.6. The molecule has 0 spiro atoms. The molecule has 0 saturated heterocycles. The standard InChI is InChI=1S/C17H14N2O4/c20-17(18-12-4-7-14-5-2-1-3-6-14)13-23-16-10-8-15(9-11-16)19(21)22/h1-3,5-6,8-11H,12-13H2,(H,18,20). The number of non-ortho nitro benzene ring substituents is 1. The van der Waals surface area contributed by atoms with E-state index in [9.17, 15) is 14.9 Å². The first-order valence-corrected chi connectivity index (χ1v) is 6.83. The van der Waals surface area contributed by atoms with Gasteiger partial charge < -0.3 is 10.1 Å². The van der Waals surface area contributed by atoms with E-state index in [0.29, 0.717) is 5.75 Å². The van der Waals surface area contributed by atoms with Crippen LogP contribution >= 0.6 is 0 Å². The number of benzene rings is 2. The van der Waals surface area contributed by atoms with Crippen LogP contribution in [0.4, 0.5) is 5.69 Å². The Kier molecular flexibility index (Phi) is 5.72. The predicted molar refractivity (Wildman–Crippen MR) is 84.9 cm³/mol. The van der Waals surface area contributed by atoms with Crippen molar-refractivity contribution in [1.29, 1.82) is 0 Å². The maximum absolute atomic E-state index is 11.6. The monoisotopic (exact) mass is 310 g/mol. The number of rotatable bonds is 5. The minimum Gasteiger partial charge on any atom is -0.484 e. The van der Waals surface area contributed by atoms with E-state index in [1.54, 1.807) is 0 Å². The molecule has 0 atom stereocenters. The fourth-order valence-electron chi connectivity index (χ4n) is 1.67. The number of hydrogen-bond acceptors (Lipinski definition) is 4. The summed E-state index contributed by atoms with van der Waals surface area (Å²) >= 11 is 0. The van der Waals surface area contributed by atoms with E-state index in [-0.39, 0.29) is 24.7 Å². The first-order valence-electron chi connectivity index (χ1n) is 6.83. The van der Waals surface area contributed by atoms with Crippen LogP contribution in [0.3, 0.4) is 0 Å². The highest BCUT2D eigenvalue weighted by atomic mass is 16.6. The number of nitrogens with one attached hydrogen (secondary N) is 1. The number of nitro groups is 1. The lowest BCUT2D eigenvalue weighted by Crippen LogP contribution is -2.29. The molecule has 2 aromatic carbocycles. The summed E-state index contributed by atoms with van der Waals surface area (Å²) in [4.78, 5) is 21.6. The zero-order valence-electron chi connectivity index (χ0n) is 12.2. The van der Waals surface area contributed by atoms with E-state index in [1.807, 2.05) is 30.3 Å². The third kappa shape index (κ3) is 5.52. The summed E-state index contributed by atoms with van der Waals surface area (Å²) in [6.45, 7) is 0.0438. The molecule has 0 aliphatic heterocycles. The van der Waals surface area contributed by atoms with Crippen LogP contribution in [-0.4, -0.2) is 24.0 Å². The van der Waals surface area contributed by atoms with Crippen molar-refractivity contribution in [2.24, 2.45) is 0 Å². The van der Waals surface area contributed by atoms with Gasteiger partial charge in [-0.3, -0.25) is 14.9 Å². The summed E-state index contributed by atoms with van der Waals surface area (Å²) < 4.78 is 5.24. The lowest BCUT2D eigenvalue weighted by molar-refractivity contribution is -0.384. The quantitative estimate of drug-likeness (QED) is 0.521. The number of nitro benzene ring substituents is 1. The van der Waals surface area contributed by atoms with E-state index in [1.165, 1.54) is 24.3 Å². The molecule has 6 heteroatoms. The Bertz CT molecular complexity index is 731. The van der Waals surface area contributed by atoms with E-state index in [2.05, 4.69) is 17.2 Å². The third-order valence-electron chi connectivity index (χ3n) is 2.80. The fourth-order valence-corrected chi connectivity index (χ4v) is 1.67. The SMILES string of the molecule is O=C(COc1ccc([N+](=O)[O-])cc1)NCC#Cc1ccccc1. The van der Waals surface area contributed by atoms with Gasteiger partial charge in [-0.15, -0.1) is 0 Å². The van der Waals surface area contributed by atoms with E-state index in [4.69, 9.17) is 4.74 Å². The van der Waals surface area contributed by atoms with E-state index < -0.39 is 4.92 Å². The summed E-state index contributed by atoms with van der Waals surface area (Å²) in [5, 5.41) is 13.1. The van der Waals surface area contributed by atoms with Gasteiger partial charge in [-0.05, 0) is 24.3 Å². The molecule has 0 saturated carbocycles. The van der Waals surface area contributed by atoms with Crippen molar-refractivity contribution in [3.05, 3.63) is 70.3 Å². The van der Waals surface area contributed by atoms with Crippen molar-refractivity contribution in [3.63, 3.8) is 0 Å². The normalized spacial score (nSPS) is 9.39. The topological polar surface area (TPSA) is 81.5 Å². The van der Waals surface area contributed by atoms with Crippen LogP contribution in [-0.2, 0) is 4.79 Å². The first kappa shape index (κ1) is 16.0. The molecule has 1 N–H and O–H groups in total. The molecule has 0 heterocycles. The van der Waals surface area contributed by atoms with Crippen LogP contribution < -0.4 is 10.1 Å². The number of carbonyl (C=O) groups is 1. The van der Waals surface area contributed by atoms with Gasteiger partial charge in [0.05, 0.1) is 11.5 Å². The molecule has 0 fully saturated rings. The Hall–Kier alpha value is -3.33. The lowest BCUT2D eigenvalue weighted by atomic mass is 10.2. The Morgan fingerprint density at radius 3 is 2.48 bits per heavy atom. The van der Waals surface area contributed by atoms with Crippen LogP contribution in [0, 0.1) is 22.0 Å². The summed E-state index contributed by atoms with van der Waals surface area (Å²) in [6.07, 6.45) is 0. The van der Waals surface area contributed by atoms with Gasteiger partial charge in [0, 0.05) is 17.7 Å². The minimum atomic E-state index is -0.498. The van der Waals surface area contributed by atoms with Crippen LogP contribution in [0.25, 0.3) is 0 Å². The molecule has 0 aromatic heterocycles. The molecule has 2 rings (SSSR count). The molecule has 116 valence electrons. The van der Waals surface area contributed by atoms with Crippen molar-refractivity contribution in [1.82, 2.24) is 5.32 Å². The Labute approximate surface area is 133 Å². The molecule has 0 aliphatic carbocycles. The van der Waals surface area contributed by atoms with Gasteiger partial charge in [-0.2, -0.15) is 0 Å². The highest BCUT2D eigenvalue weighted by Gasteiger charge is 2.05. The van der Waals surface area contributed by atoms with Gasteiger partial charge in [0.2, 0.25) is 0 Å². The fraction of sp³-hybridized carbons (Fsp3) is 0.118. The molecule has 0 bridgehead atoms. The highest BCUT2D eigenvalue weighted by molar-refractivity contribution is 5.77. The second-order valence-electron chi connectivity index (χ2n) is 4.48. The Morgan fingerprint density at radius 1 is 1.13 bits per heavy atom. The van der Waals surface area contributed by atoms with Crippen molar-refractivity contribution < 1.29 is 14.5 Å². The van der Waals surface area contributed by atoms with E-state index in [0.717, 1.165) is 5.56 Å². The van der Waals surface area contributed by atoms with Gasteiger partial charge in [0.15, 0.2) is 6.61 Å². The molecular weight excluding hydrogens is 296 g/mol. The zero-order chi connectivity index (χ0) is 16.5. The summed E-state index contributed by atoms with van der Waals surface area (Å²) in [7, 11) is 0. The zero-order valence-corrected chi connectivity index (χ0v) is 12.2. The maximum Gasteiger partial charge on any atom is 0.269 e. The molecule has 23 heavy (non-hydrogen) atoms. The highest BCUT2D eigenvalue weighted by Crippen LogP contribution is 2.16. The van der Waals surface area contributed by atoms with Crippen molar-refractivity contribution in [3.8, 4) is 17.6 Å². The number of ether oxygens (including phenoxy) is 1. The molecule has 1 amide bonds. The number of carbonyl (C=O) groups excluding carboxylic acids is 1. The third-order valence-corrected chi connectivity index (χ3v) is 2.80. The average molecular weight is 310 g/mol. The Morgan fingerprint density at radius 2 is 1.83 bits per heavy atom. The Balaban J connectivity index is 1.73. The largest absolute Gasteiger partial charge is 0.484 e. The number of nitrogens with zero attached hydrogens (tertiary/aromatic N) is 1. The van der Waals surface area contributed by atoms with Gasteiger partial charge >= 0.3 is 0 Å². The molecule has 6 nitrogen and oxygen atoms in total. The lowest BCUT2D eigenvalue weighted by Gasteiger charge is -2.05. The van der Waals surface area contributed by atoms with Crippen molar-refractivity contribution in [2.75, 3.05) is 13.2 Å². The number of hydrogen-bond donors (Lipinski definition) is 1. The average Bonchev–Trinajstić information content (AvgIpc) is 2.58. The smallest absolute Gasteiger partial charge is 0.269 e. The van der Waals surface area contributed by atoms with Crippen molar-refractivity contribution in [2.45, 2.75) is 0 Å². The minimum absolute atomic E-state index is 0.0296. The first-order chi connectivity index (χ1) is 11.1. The summed E-state index contributed by atoms with van der Waals surface area (Å²) in [6, 6.07) is 15.0. The van der Waals surface area contributed by atoms with E-state index >= 15 is 0 Å². The molecule has 0 unspecified atom stereocenters. The predicted octanol–water partition coefficient (Wildman–Crippen LogP) is 2.14. The van der Waals surface area contributed by atoms with Crippen LogP contribution in [0.5, 0.6) is 5.75 Å². The van der Waals surface area contributed by atoms with Gasteiger partial charge in [-0.25, -0.2) is 0 Å². The van der Waals surface area contributed by atoms with Crippen molar-refractivity contribution >= 4 is 11.6 Å². The second kappa shape index (κ2) is 8.20. The van der Waals surface area contributed by atoms with Gasteiger partial charge in [0.1, 0.15) is 5.75 Å². The summed E-state index contributed by atoms with van der Waals surface area (Å²) in [5.74, 6) is 5.84. The summed E-state index contributed by atoms with van der Waals surface area (Å²) in [5.41, 5.74) is 0.849. The number of amides is 1.